The van der Waals surface area contributed by atoms with E-state index >= 15 is 0 Å². The first-order valence-electron chi connectivity index (χ1n) is 13.3. The van der Waals surface area contributed by atoms with E-state index in [1.807, 2.05) is 4.90 Å². The predicted octanol–water partition coefficient (Wildman–Crippen LogP) is 2.36. The molecule has 2 aliphatic heterocycles. The van der Waals surface area contributed by atoms with E-state index < -0.39 is 10.0 Å². The lowest BCUT2D eigenvalue weighted by molar-refractivity contribution is -0.138. The molecule has 1 aromatic rings. The van der Waals surface area contributed by atoms with Crippen LogP contribution in [0.4, 0.5) is 0 Å². The van der Waals surface area contributed by atoms with E-state index in [0.29, 0.717) is 36.0 Å². The van der Waals surface area contributed by atoms with Crippen LogP contribution in [0.5, 0.6) is 5.75 Å². The van der Waals surface area contributed by atoms with Crippen LogP contribution >= 0.6 is 0 Å². The molecule has 2 heterocycles. The molecule has 0 bridgehead atoms. The van der Waals surface area contributed by atoms with E-state index in [1.54, 1.807) is 33.1 Å². The SMILES string of the molecule is COc1cc(C)c(S(=O)(=O)N(C)CCOCC(=O)N2CCN(C3CCN(C(C)(C)C)CC3)CC2)c(C)c1. The molecule has 2 fully saturated rings. The number of sulfonamides is 1. The van der Waals surface area contributed by atoms with Gasteiger partial charge < -0.3 is 14.4 Å². The van der Waals surface area contributed by atoms with Gasteiger partial charge in [0, 0.05) is 64.4 Å². The lowest BCUT2D eigenvalue weighted by Gasteiger charge is -2.46. The van der Waals surface area contributed by atoms with Gasteiger partial charge in [0.05, 0.1) is 18.6 Å². The number of rotatable bonds is 9. The van der Waals surface area contributed by atoms with E-state index in [0.717, 1.165) is 26.2 Å². The van der Waals surface area contributed by atoms with Crippen molar-refractivity contribution in [2.24, 2.45) is 0 Å². The highest BCUT2D eigenvalue weighted by atomic mass is 32.2. The van der Waals surface area contributed by atoms with Gasteiger partial charge in [-0.15, -0.1) is 0 Å². The molecule has 0 aromatic heterocycles. The van der Waals surface area contributed by atoms with Crippen LogP contribution < -0.4 is 4.74 Å². The number of amides is 1. The maximum atomic E-state index is 13.1. The molecule has 37 heavy (non-hydrogen) atoms. The Hall–Kier alpha value is -1.72. The van der Waals surface area contributed by atoms with E-state index in [4.69, 9.17) is 9.47 Å². The quantitative estimate of drug-likeness (QED) is 0.447. The fourth-order valence-electron chi connectivity index (χ4n) is 5.39. The predicted molar refractivity (Wildman–Crippen MR) is 146 cm³/mol. The number of carbonyl (C=O) groups is 1. The van der Waals surface area contributed by atoms with Gasteiger partial charge in [0.25, 0.3) is 0 Å². The molecule has 0 spiro atoms. The zero-order valence-corrected chi connectivity index (χ0v) is 24.6. The molecular weight excluding hydrogens is 492 g/mol. The van der Waals surface area contributed by atoms with Crippen LogP contribution in [-0.4, -0.2) is 118 Å². The summed E-state index contributed by atoms with van der Waals surface area (Å²) in [4.78, 5) is 19.9. The van der Waals surface area contributed by atoms with Crippen molar-refractivity contribution in [2.45, 2.75) is 63.9 Å². The zero-order chi connectivity index (χ0) is 27.4. The van der Waals surface area contributed by atoms with Gasteiger partial charge in [-0.3, -0.25) is 14.6 Å². The number of hydrogen-bond acceptors (Lipinski definition) is 7. The van der Waals surface area contributed by atoms with Crippen molar-refractivity contribution >= 4 is 15.9 Å². The molecule has 0 radical (unpaired) electrons. The number of piperazine rings is 1. The summed E-state index contributed by atoms with van der Waals surface area (Å²) in [5.74, 6) is 0.597. The molecule has 0 atom stereocenters. The van der Waals surface area contributed by atoms with E-state index in [2.05, 4.69) is 30.6 Å². The lowest BCUT2D eigenvalue weighted by Crippen LogP contribution is -2.56. The van der Waals surface area contributed by atoms with Crippen molar-refractivity contribution in [1.29, 1.82) is 0 Å². The Morgan fingerprint density at radius 2 is 1.59 bits per heavy atom. The fourth-order valence-corrected chi connectivity index (χ4v) is 6.95. The minimum Gasteiger partial charge on any atom is -0.497 e. The molecule has 1 aromatic carbocycles. The van der Waals surface area contributed by atoms with Crippen LogP contribution in [0.3, 0.4) is 0 Å². The largest absolute Gasteiger partial charge is 0.497 e. The van der Waals surface area contributed by atoms with Crippen molar-refractivity contribution in [3.05, 3.63) is 23.3 Å². The summed E-state index contributed by atoms with van der Waals surface area (Å²) in [7, 11) is -0.585. The Kier molecular flexibility index (Phi) is 10.0. The Bertz CT molecular complexity index is 1000. The highest BCUT2D eigenvalue weighted by molar-refractivity contribution is 7.89. The van der Waals surface area contributed by atoms with Crippen molar-refractivity contribution in [1.82, 2.24) is 19.0 Å². The molecule has 9 nitrogen and oxygen atoms in total. The first kappa shape index (κ1) is 29.8. The molecule has 10 heteroatoms. The van der Waals surface area contributed by atoms with Gasteiger partial charge in [-0.25, -0.2) is 8.42 Å². The summed E-state index contributed by atoms with van der Waals surface area (Å²) in [6, 6.07) is 4.04. The second-order valence-electron chi connectivity index (χ2n) is 11.3. The van der Waals surface area contributed by atoms with Crippen molar-refractivity contribution in [3.8, 4) is 5.75 Å². The Morgan fingerprint density at radius 1 is 1.03 bits per heavy atom. The highest BCUT2D eigenvalue weighted by Crippen LogP contribution is 2.28. The van der Waals surface area contributed by atoms with Crippen LogP contribution in [0.1, 0.15) is 44.7 Å². The van der Waals surface area contributed by atoms with Crippen LogP contribution in [0, 0.1) is 13.8 Å². The summed E-state index contributed by atoms with van der Waals surface area (Å²) < 4.78 is 38.4. The molecule has 2 saturated heterocycles. The van der Waals surface area contributed by atoms with Crippen LogP contribution in [0.25, 0.3) is 0 Å². The van der Waals surface area contributed by atoms with Crippen LogP contribution in [0.2, 0.25) is 0 Å². The topological polar surface area (TPSA) is 82.6 Å². The summed E-state index contributed by atoms with van der Waals surface area (Å²) in [5, 5.41) is 0. The first-order chi connectivity index (χ1) is 17.3. The van der Waals surface area contributed by atoms with Crippen molar-refractivity contribution in [3.63, 3.8) is 0 Å². The number of ether oxygens (including phenoxy) is 2. The molecule has 0 unspecified atom stereocenters. The molecule has 210 valence electrons. The molecule has 1 amide bonds. The number of hydrogen-bond donors (Lipinski definition) is 0. The Balaban J connectivity index is 1.40. The number of benzene rings is 1. The molecule has 0 aliphatic carbocycles. The third kappa shape index (κ3) is 7.44. The first-order valence-corrected chi connectivity index (χ1v) is 14.7. The molecule has 3 rings (SSSR count). The van der Waals surface area contributed by atoms with E-state index in [-0.39, 0.29) is 36.1 Å². The van der Waals surface area contributed by atoms with Crippen LogP contribution in [0.15, 0.2) is 17.0 Å². The summed E-state index contributed by atoms with van der Waals surface area (Å²) in [5.41, 5.74) is 1.50. The van der Waals surface area contributed by atoms with Gasteiger partial charge in [0.1, 0.15) is 12.4 Å². The third-order valence-electron chi connectivity index (χ3n) is 7.71. The standard InChI is InChI=1S/C27H46N4O5S/c1-21-18-24(35-7)19-22(2)26(21)37(33,34)28(6)16-17-36-20-25(32)30-14-12-29(13-15-30)23-8-10-31(11-9-23)27(3,4)5/h18-19,23H,8-17,20H2,1-7H3. The fraction of sp³-hybridized carbons (Fsp3) is 0.741. The third-order valence-corrected chi connectivity index (χ3v) is 9.87. The minimum absolute atomic E-state index is 0.0293. The molecule has 0 saturated carbocycles. The Morgan fingerprint density at radius 3 is 2.11 bits per heavy atom. The number of likely N-dealkylation sites (N-methyl/N-ethyl adjacent to an activating group) is 1. The second kappa shape index (κ2) is 12.4. The maximum absolute atomic E-state index is 13.1. The number of piperidine rings is 1. The summed E-state index contributed by atoms with van der Waals surface area (Å²) in [6.07, 6.45) is 2.36. The van der Waals surface area contributed by atoms with Crippen LogP contribution in [-0.2, 0) is 19.6 Å². The minimum atomic E-state index is -3.68. The van der Waals surface area contributed by atoms with E-state index in [1.165, 1.54) is 24.2 Å². The van der Waals surface area contributed by atoms with Crippen molar-refractivity contribution < 1.29 is 22.7 Å². The molecular formula is C27H46N4O5S. The second-order valence-corrected chi connectivity index (χ2v) is 13.3. The highest BCUT2D eigenvalue weighted by Gasteiger charge is 2.32. The lowest BCUT2D eigenvalue weighted by atomic mass is 9.96. The van der Waals surface area contributed by atoms with Gasteiger partial charge in [-0.2, -0.15) is 4.31 Å². The monoisotopic (exact) mass is 538 g/mol. The van der Waals surface area contributed by atoms with Gasteiger partial charge in [-0.1, -0.05) is 0 Å². The van der Waals surface area contributed by atoms with Gasteiger partial charge in [0.15, 0.2) is 0 Å². The van der Waals surface area contributed by atoms with Gasteiger partial charge in [-0.05, 0) is 70.7 Å². The molecule has 2 aliphatic rings. The summed E-state index contributed by atoms with van der Waals surface area (Å²) >= 11 is 0. The van der Waals surface area contributed by atoms with E-state index in [9.17, 15) is 13.2 Å². The average molecular weight is 539 g/mol. The molecule has 0 N–H and O–H groups in total. The maximum Gasteiger partial charge on any atom is 0.248 e. The van der Waals surface area contributed by atoms with Gasteiger partial charge in [0.2, 0.25) is 15.9 Å². The summed E-state index contributed by atoms with van der Waals surface area (Å²) in [6.45, 7) is 16.1. The number of carbonyl (C=O) groups excluding carboxylic acids is 1. The number of likely N-dealkylation sites (tertiary alicyclic amines) is 1. The number of aryl methyl sites for hydroxylation is 2. The zero-order valence-electron chi connectivity index (χ0n) is 23.7. The smallest absolute Gasteiger partial charge is 0.248 e. The van der Waals surface area contributed by atoms with Crippen molar-refractivity contribution in [2.75, 3.05) is 73.2 Å². The van der Waals surface area contributed by atoms with Gasteiger partial charge >= 0.3 is 0 Å². The normalized spacial score (nSPS) is 19.0. The number of methoxy groups -OCH3 is 1. The number of nitrogens with zero attached hydrogens (tertiary/aromatic N) is 4. The Labute approximate surface area is 223 Å². The average Bonchev–Trinajstić information content (AvgIpc) is 2.85.